The van der Waals surface area contributed by atoms with Gasteiger partial charge >= 0.3 is 17.5 Å². The fourth-order valence-corrected chi connectivity index (χ4v) is 3.45. The van der Waals surface area contributed by atoms with Crippen molar-refractivity contribution in [1.82, 2.24) is 25.3 Å². The number of rotatable bonds is 5. The molecule has 3 rings (SSSR count). The fraction of sp³-hybridized carbons (Fsp3) is 0.412. The number of anilines is 1. The summed E-state index contributed by atoms with van der Waals surface area (Å²) in [6, 6.07) is -0.0360. The lowest BCUT2D eigenvalue weighted by Gasteiger charge is -2.34. The summed E-state index contributed by atoms with van der Waals surface area (Å²) >= 11 is 5.80. The Morgan fingerprint density at radius 3 is 2.29 bits per heavy atom. The molecule has 0 aliphatic heterocycles. The highest BCUT2D eigenvalue weighted by Gasteiger charge is 2.30. The van der Waals surface area contributed by atoms with Gasteiger partial charge in [0.1, 0.15) is 0 Å². The largest absolute Gasteiger partial charge is 0.467 e. The third-order valence-corrected chi connectivity index (χ3v) is 4.75. The molecule has 0 aromatic carbocycles. The summed E-state index contributed by atoms with van der Waals surface area (Å²) in [5, 5.41) is 10.7. The van der Waals surface area contributed by atoms with Crippen LogP contribution >= 0.6 is 11.6 Å². The Balaban J connectivity index is 1.72. The van der Waals surface area contributed by atoms with Crippen molar-refractivity contribution in [3.63, 3.8) is 0 Å². The highest BCUT2D eigenvalue weighted by Crippen LogP contribution is 2.28. The number of ether oxygens (including phenoxy) is 1. The summed E-state index contributed by atoms with van der Waals surface area (Å²) in [4.78, 5) is 40.9. The molecule has 2 N–H and O–H groups in total. The van der Waals surface area contributed by atoms with Gasteiger partial charge in [0.05, 0.1) is 25.2 Å². The van der Waals surface area contributed by atoms with E-state index >= 15 is 0 Å². The van der Waals surface area contributed by atoms with Crippen molar-refractivity contribution in [1.29, 1.82) is 0 Å². The highest BCUT2D eigenvalue weighted by atomic mass is 35.5. The predicted molar refractivity (Wildman–Crippen MR) is 101 cm³/mol. The number of hydrogen-bond acceptors (Lipinski definition) is 7. The van der Waals surface area contributed by atoms with E-state index in [-0.39, 0.29) is 18.1 Å². The summed E-state index contributed by atoms with van der Waals surface area (Å²) in [6.45, 7) is 0. The van der Waals surface area contributed by atoms with E-state index in [1.54, 1.807) is 12.4 Å². The van der Waals surface area contributed by atoms with Crippen LogP contribution in [0.15, 0.2) is 24.8 Å². The maximum atomic E-state index is 12.0. The minimum atomic E-state index is -1.04. The predicted octanol–water partition coefficient (Wildman–Crippen LogP) is 2.69. The number of carbonyl (C=O) groups excluding carboxylic acids is 1. The zero-order valence-electron chi connectivity index (χ0n) is 15.1. The van der Waals surface area contributed by atoms with Crippen LogP contribution in [0.2, 0.25) is 0 Å². The number of carboxylic acid groups (broad SMARTS) is 1. The van der Waals surface area contributed by atoms with Crippen LogP contribution in [0.3, 0.4) is 0 Å². The minimum absolute atomic E-state index is 0.121. The van der Waals surface area contributed by atoms with Gasteiger partial charge < -0.3 is 15.2 Å². The molecule has 0 unspecified atom stereocenters. The van der Waals surface area contributed by atoms with Crippen molar-refractivity contribution in [2.45, 2.75) is 37.8 Å². The van der Waals surface area contributed by atoms with Crippen LogP contribution in [-0.4, -0.2) is 55.7 Å². The van der Waals surface area contributed by atoms with E-state index in [0.717, 1.165) is 0 Å². The van der Waals surface area contributed by atoms with Crippen LogP contribution in [0.25, 0.3) is 11.3 Å². The molecule has 10 nitrogen and oxygen atoms in total. The molecule has 2 amide bonds. The van der Waals surface area contributed by atoms with Crippen molar-refractivity contribution < 1.29 is 19.4 Å². The normalized spacial score (nSPS) is 18.9. The van der Waals surface area contributed by atoms with Crippen LogP contribution in [0, 0.1) is 0 Å². The van der Waals surface area contributed by atoms with Gasteiger partial charge in [-0.3, -0.25) is 14.7 Å². The summed E-state index contributed by atoms with van der Waals surface area (Å²) in [6.07, 6.45) is 7.54. The lowest BCUT2D eigenvalue weighted by molar-refractivity contribution is 0.184. The summed E-state index contributed by atoms with van der Waals surface area (Å²) in [5.74, 6) is 0.341. The Bertz CT molecular complexity index is 825. The molecule has 11 heteroatoms. The number of aromatic nitrogens is 4. The molecule has 2 aromatic heterocycles. The lowest BCUT2D eigenvalue weighted by Crippen LogP contribution is -2.45. The molecule has 1 aliphatic rings. The lowest BCUT2D eigenvalue weighted by atomic mass is 9.90. The van der Waals surface area contributed by atoms with Crippen molar-refractivity contribution in [2.75, 3.05) is 12.0 Å². The van der Waals surface area contributed by atoms with Gasteiger partial charge in [0.15, 0.2) is 5.82 Å². The molecule has 0 bridgehead atoms. The van der Waals surface area contributed by atoms with Crippen LogP contribution in [0.4, 0.5) is 15.4 Å². The van der Waals surface area contributed by atoms with Gasteiger partial charge in [-0.1, -0.05) is 0 Å². The molecule has 2 heterocycles. The SMILES string of the molecule is COc1ncc(-c2cnc(N(C(=O)Cl)[C@H]3CC[C@H](NC(=O)O)CC3)cn2)cn1. The fourth-order valence-electron chi connectivity index (χ4n) is 3.22. The summed E-state index contributed by atoms with van der Waals surface area (Å²) < 4.78 is 4.92. The van der Waals surface area contributed by atoms with Crippen LogP contribution in [-0.2, 0) is 0 Å². The zero-order chi connectivity index (χ0) is 20.1. The molecule has 2 aromatic rings. The first-order valence-corrected chi connectivity index (χ1v) is 9.02. The third-order valence-electron chi connectivity index (χ3n) is 4.57. The average Bonchev–Trinajstić information content (AvgIpc) is 2.69. The molecular formula is C17H19ClN6O4. The van der Waals surface area contributed by atoms with Crippen molar-refractivity contribution in [3.8, 4) is 17.3 Å². The molecule has 148 valence electrons. The summed E-state index contributed by atoms with van der Waals surface area (Å²) in [5.41, 5.74) is 1.20. The molecule has 28 heavy (non-hydrogen) atoms. The molecule has 1 fully saturated rings. The van der Waals surface area contributed by atoms with E-state index in [1.807, 2.05) is 0 Å². The molecule has 0 spiro atoms. The van der Waals surface area contributed by atoms with Gasteiger partial charge in [-0.2, -0.15) is 0 Å². The second-order valence-electron chi connectivity index (χ2n) is 6.30. The van der Waals surface area contributed by atoms with E-state index in [9.17, 15) is 9.59 Å². The monoisotopic (exact) mass is 406 g/mol. The van der Waals surface area contributed by atoms with E-state index in [0.29, 0.717) is 42.8 Å². The Hall–Kier alpha value is -3.01. The topological polar surface area (TPSA) is 130 Å². The van der Waals surface area contributed by atoms with Gasteiger partial charge in [0.2, 0.25) is 0 Å². The van der Waals surface area contributed by atoms with E-state index < -0.39 is 11.5 Å². The number of nitrogens with one attached hydrogen (secondary N) is 1. The van der Waals surface area contributed by atoms with Crippen molar-refractivity contribution >= 4 is 28.9 Å². The number of carbonyl (C=O) groups is 2. The molecule has 0 radical (unpaired) electrons. The van der Waals surface area contributed by atoms with Gasteiger partial charge in [-0.25, -0.2) is 19.7 Å². The maximum Gasteiger partial charge on any atom is 0.404 e. The number of halogens is 1. The quantitative estimate of drug-likeness (QED) is 0.572. The van der Waals surface area contributed by atoms with Crippen LogP contribution in [0.5, 0.6) is 6.01 Å². The van der Waals surface area contributed by atoms with E-state index in [2.05, 4.69) is 25.3 Å². The van der Waals surface area contributed by atoms with E-state index in [4.69, 9.17) is 21.4 Å². The van der Waals surface area contributed by atoms with Crippen LogP contribution in [0.1, 0.15) is 25.7 Å². The van der Waals surface area contributed by atoms with Crippen LogP contribution < -0.4 is 15.0 Å². The number of amides is 2. The van der Waals surface area contributed by atoms with Crippen molar-refractivity contribution in [2.24, 2.45) is 0 Å². The Morgan fingerprint density at radius 1 is 1.11 bits per heavy atom. The minimum Gasteiger partial charge on any atom is -0.467 e. The molecular weight excluding hydrogens is 388 g/mol. The molecule has 1 aliphatic carbocycles. The Kier molecular flexibility index (Phi) is 6.19. The molecule has 0 atom stereocenters. The molecule has 0 saturated heterocycles. The Morgan fingerprint density at radius 2 is 1.79 bits per heavy atom. The standard InChI is InChI=1S/C17H19ClN6O4/c1-28-16-21-6-10(7-22-16)13-8-20-14(9-19-13)24(15(18)25)12-4-2-11(3-5-12)23-17(26)27/h6-9,11-12,23H,2-5H2,1H3,(H,26,27)/t11-,12-. The van der Waals surface area contributed by atoms with Gasteiger partial charge in [0, 0.05) is 30.0 Å². The molecule has 1 saturated carbocycles. The first-order chi connectivity index (χ1) is 13.5. The second-order valence-corrected chi connectivity index (χ2v) is 6.62. The number of hydrogen-bond donors (Lipinski definition) is 2. The number of nitrogens with zero attached hydrogens (tertiary/aromatic N) is 5. The first-order valence-electron chi connectivity index (χ1n) is 8.64. The smallest absolute Gasteiger partial charge is 0.404 e. The van der Waals surface area contributed by atoms with Gasteiger partial charge in [0.25, 0.3) is 0 Å². The zero-order valence-corrected chi connectivity index (χ0v) is 15.8. The van der Waals surface area contributed by atoms with Crippen molar-refractivity contribution in [3.05, 3.63) is 24.8 Å². The second kappa shape index (κ2) is 8.79. The number of methoxy groups -OCH3 is 1. The average molecular weight is 407 g/mol. The Labute approximate surface area is 165 Å². The summed E-state index contributed by atoms with van der Waals surface area (Å²) in [7, 11) is 1.48. The first kappa shape index (κ1) is 19.7. The van der Waals surface area contributed by atoms with Gasteiger partial charge in [-0.05, 0) is 37.3 Å². The van der Waals surface area contributed by atoms with E-state index in [1.165, 1.54) is 24.4 Å². The third kappa shape index (κ3) is 4.63. The highest BCUT2D eigenvalue weighted by molar-refractivity contribution is 6.66. The van der Waals surface area contributed by atoms with Gasteiger partial charge in [-0.15, -0.1) is 0 Å². The maximum absolute atomic E-state index is 12.0.